The zero-order chi connectivity index (χ0) is 15.1. The number of aromatic nitrogens is 2. The van der Waals surface area contributed by atoms with E-state index < -0.39 is 0 Å². The molecule has 0 amide bonds. The Bertz CT molecular complexity index is 722. The summed E-state index contributed by atoms with van der Waals surface area (Å²) in [6.07, 6.45) is 0. The molecular weight excluding hydrogens is 363 g/mol. The summed E-state index contributed by atoms with van der Waals surface area (Å²) in [6, 6.07) is 4.19. The molecule has 2 rings (SSSR count). The Hall–Kier alpha value is -0.780. The van der Waals surface area contributed by atoms with E-state index >= 15 is 0 Å². The smallest absolute Gasteiger partial charge is 0.144 e. The van der Waals surface area contributed by atoms with E-state index in [0.717, 1.165) is 10.2 Å². The van der Waals surface area contributed by atoms with Crippen LogP contribution in [0.3, 0.4) is 0 Å². The first-order valence-electron chi connectivity index (χ1n) is 5.96. The van der Waals surface area contributed by atoms with Crippen molar-refractivity contribution in [2.24, 2.45) is 0 Å². The third-order valence-corrected chi connectivity index (χ3v) is 4.44. The molecule has 0 spiro atoms. The second-order valence-corrected chi connectivity index (χ2v) is 7.04. The summed E-state index contributed by atoms with van der Waals surface area (Å²) in [4.78, 5) is 7.55. The molecule has 0 aliphatic heterocycles. The molecule has 1 aromatic heterocycles. The van der Waals surface area contributed by atoms with Crippen molar-refractivity contribution in [3.05, 3.63) is 43.8 Å². The molecule has 20 heavy (non-hydrogen) atoms. The molecular formula is C14H13BrClFN2S. The van der Waals surface area contributed by atoms with Crippen molar-refractivity contribution in [1.29, 1.82) is 0 Å². The van der Waals surface area contributed by atoms with Crippen LogP contribution in [0.25, 0.3) is 11.4 Å². The maximum absolute atomic E-state index is 13.1. The Morgan fingerprint density at radius 2 is 2.00 bits per heavy atom. The number of rotatable bonds is 1. The summed E-state index contributed by atoms with van der Waals surface area (Å²) in [5.74, 6) is 0.152. The van der Waals surface area contributed by atoms with Gasteiger partial charge in [0.25, 0.3) is 0 Å². The lowest BCUT2D eigenvalue weighted by atomic mass is 9.92. The molecule has 106 valence electrons. The van der Waals surface area contributed by atoms with Gasteiger partial charge < -0.3 is 4.98 Å². The molecule has 1 heterocycles. The Morgan fingerprint density at radius 1 is 1.35 bits per heavy atom. The first-order valence-corrected chi connectivity index (χ1v) is 7.54. The molecule has 0 aliphatic carbocycles. The number of hydrogen-bond acceptors (Lipinski definition) is 2. The number of H-pyrrole nitrogens is 1. The summed E-state index contributed by atoms with van der Waals surface area (Å²) in [6.45, 7) is 6.19. The number of nitrogens with zero attached hydrogens (tertiary/aromatic N) is 1. The maximum Gasteiger partial charge on any atom is 0.144 e. The summed E-state index contributed by atoms with van der Waals surface area (Å²) < 4.78 is 14.3. The molecule has 0 aliphatic rings. The minimum atomic E-state index is -0.384. The summed E-state index contributed by atoms with van der Waals surface area (Å²) in [5, 5.41) is 0.297. The molecule has 2 aromatic rings. The van der Waals surface area contributed by atoms with Gasteiger partial charge in [-0.3, -0.25) is 0 Å². The fraction of sp³-hybridized carbons (Fsp3) is 0.286. The highest BCUT2D eigenvalue weighted by molar-refractivity contribution is 9.10. The van der Waals surface area contributed by atoms with Crippen LogP contribution in [0, 0.1) is 10.5 Å². The molecule has 0 fully saturated rings. The van der Waals surface area contributed by atoms with Gasteiger partial charge in [-0.05, 0) is 34.1 Å². The van der Waals surface area contributed by atoms with Gasteiger partial charge in [0.05, 0.1) is 9.50 Å². The van der Waals surface area contributed by atoms with Crippen LogP contribution in [0.5, 0.6) is 0 Å². The second kappa shape index (κ2) is 5.54. The molecule has 0 radical (unpaired) electrons. The van der Waals surface area contributed by atoms with Crippen LogP contribution in [0.15, 0.2) is 22.7 Å². The minimum absolute atomic E-state index is 0.142. The molecule has 1 aromatic carbocycles. The summed E-state index contributed by atoms with van der Waals surface area (Å²) >= 11 is 14.8. The monoisotopic (exact) mass is 374 g/mol. The number of benzene rings is 1. The van der Waals surface area contributed by atoms with E-state index in [1.165, 1.54) is 12.1 Å². The Morgan fingerprint density at radius 3 is 2.55 bits per heavy atom. The molecule has 0 unspecified atom stereocenters. The van der Waals surface area contributed by atoms with Gasteiger partial charge in [0, 0.05) is 16.7 Å². The highest BCUT2D eigenvalue weighted by Gasteiger charge is 2.21. The largest absolute Gasteiger partial charge is 0.342 e. The first kappa shape index (κ1) is 15.6. The average Bonchev–Trinajstić information content (AvgIpc) is 2.31. The summed E-state index contributed by atoms with van der Waals surface area (Å²) in [7, 11) is 0. The Kier molecular flexibility index (Phi) is 4.33. The van der Waals surface area contributed by atoms with Crippen molar-refractivity contribution in [1.82, 2.24) is 9.97 Å². The maximum atomic E-state index is 13.1. The fourth-order valence-electron chi connectivity index (χ4n) is 1.78. The fourth-order valence-corrected chi connectivity index (χ4v) is 3.02. The zero-order valence-electron chi connectivity index (χ0n) is 11.2. The van der Waals surface area contributed by atoms with Gasteiger partial charge in [0.15, 0.2) is 0 Å². The van der Waals surface area contributed by atoms with E-state index in [0.29, 0.717) is 21.1 Å². The van der Waals surface area contributed by atoms with E-state index in [-0.39, 0.29) is 11.2 Å². The van der Waals surface area contributed by atoms with Crippen LogP contribution in [0.4, 0.5) is 4.39 Å². The van der Waals surface area contributed by atoms with E-state index in [1.54, 1.807) is 6.07 Å². The Balaban J connectivity index is 2.70. The van der Waals surface area contributed by atoms with Gasteiger partial charge in [0.1, 0.15) is 16.3 Å². The van der Waals surface area contributed by atoms with Crippen LogP contribution in [-0.2, 0) is 5.41 Å². The quantitative estimate of drug-likeness (QED) is 0.652. The molecule has 0 atom stereocenters. The lowest BCUT2D eigenvalue weighted by molar-refractivity contribution is 0.563. The molecule has 2 nitrogen and oxygen atoms in total. The highest BCUT2D eigenvalue weighted by Crippen LogP contribution is 2.32. The molecule has 0 bridgehead atoms. The SMILES string of the molecule is CC(C)(C)c1[nH]c(-c2ccc(F)cc2Cl)nc(=S)c1Br. The molecule has 0 saturated heterocycles. The lowest BCUT2D eigenvalue weighted by Crippen LogP contribution is -2.16. The van der Waals surface area contributed by atoms with Crippen LogP contribution in [0.2, 0.25) is 5.02 Å². The lowest BCUT2D eigenvalue weighted by Gasteiger charge is -2.21. The van der Waals surface area contributed by atoms with E-state index in [9.17, 15) is 4.39 Å². The van der Waals surface area contributed by atoms with Crippen LogP contribution in [-0.4, -0.2) is 9.97 Å². The van der Waals surface area contributed by atoms with Crippen molar-refractivity contribution < 1.29 is 4.39 Å². The van der Waals surface area contributed by atoms with E-state index in [1.807, 2.05) is 0 Å². The number of aromatic amines is 1. The average molecular weight is 376 g/mol. The van der Waals surface area contributed by atoms with Gasteiger partial charge in [-0.15, -0.1) is 0 Å². The predicted octanol–water partition coefficient (Wildman–Crippen LogP) is 5.66. The minimum Gasteiger partial charge on any atom is -0.342 e. The normalized spacial score (nSPS) is 11.7. The molecule has 6 heteroatoms. The van der Waals surface area contributed by atoms with E-state index in [2.05, 4.69) is 46.7 Å². The summed E-state index contributed by atoms with van der Waals surface area (Å²) in [5.41, 5.74) is 1.40. The van der Waals surface area contributed by atoms with Crippen LogP contribution < -0.4 is 0 Å². The van der Waals surface area contributed by atoms with Crippen LogP contribution >= 0.6 is 39.7 Å². The standard InChI is InChI=1S/C14H13BrClFN2S/c1-14(2,3)11-10(15)13(20)19-12(18-11)8-5-4-7(17)6-9(8)16/h4-6H,1-3H3,(H,18,19,20). The number of hydrogen-bond donors (Lipinski definition) is 1. The Labute approximate surface area is 135 Å². The van der Waals surface area contributed by atoms with Crippen LogP contribution in [0.1, 0.15) is 26.5 Å². The first-order chi connectivity index (χ1) is 9.20. The van der Waals surface area contributed by atoms with Gasteiger partial charge in [-0.25, -0.2) is 9.37 Å². The van der Waals surface area contributed by atoms with E-state index in [4.69, 9.17) is 23.8 Å². The zero-order valence-corrected chi connectivity index (χ0v) is 14.4. The van der Waals surface area contributed by atoms with Gasteiger partial charge in [-0.2, -0.15) is 0 Å². The van der Waals surface area contributed by atoms with Gasteiger partial charge in [0.2, 0.25) is 0 Å². The topological polar surface area (TPSA) is 28.7 Å². The van der Waals surface area contributed by atoms with Crippen molar-refractivity contribution in [2.45, 2.75) is 26.2 Å². The van der Waals surface area contributed by atoms with Crippen molar-refractivity contribution in [3.63, 3.8) is 0 Å². The molecule has 0 saturated carbocycles. The number of nitrogens with one attached hydrogen (secondary N) is 1. The van der Waals surface area contributed by atoms with Gasteiger partial charge >= 0.3 is 0 Å². The predicted molar refractivity (Wildman–Crippen MR) is 86.2 cm³/mol. The van der Waals surface area contributed by atoms with Crippen molar-refractivity contribution in [3.8, 4) is 11.4 Å². The highest BCUT2D eigenvalue weighted by atomic mass is 79.9. The number of halogens is 3. The molecule has 1 N–H and O–H groups in total. The van der Waals surface area contributed by atoms with Crippen molar-refractivity contribution in [2.75, 3.05) is 0 Å². The second-order valence-electron chi connectivity index (χ2n) is 5.45. The third-order valence-electron chi connectivity index (χ3n) is 2.80. The third kappa shape index (κ3) is 3.10. The van der Waals surface area contributed by atoms with Crippen molar-refractivity contribution >= 4 is 39.7 Å². The van der Waals surface area contributed by atoms with Gasteiger partial charge in [-0.1, -0.05) is 44.6 Å².